The second-order valence-corrected chi connectivity index (χ2v) is 10.7. The van der Waals surface area contributed by atoms with Gasteiger partial charge in [0, 0.05) is 30.7 Å². The molecule has 2 amide bonds. The van der Waals surface area contributed by atoms with Crippen LogP contribution in [0.1, 0.15) is 41.9 Å². The molecule has 0 radical (unpaired) electrons. The number of aromatic nitrogens is 5. The highest BCUT2D eigenvalue weighted by Crippen LogP contribution is 2.30. The van der Waals surface area contributed by atoms with Crippen LogP contribution in [0.4, 0.5) is 16.6 Å². The van der Waals surface area contributed by atoms with Gasteiger partial charge in [0.1, 0.15) is 11.4 Å². The van der Waals surface area contributed by atoms with Crippen molar-refractivity contribution in [3.8, 4) is 0 Å². The molecule has 0 unspecified atom stereocenters. The van der Waals surface area contributed by atoms with Gasteiger partial charge < -0.3 is 15.5 Å². The SMILES string of the molecule is Cc1ccc2[nH]ncc2c1NC(=O)c1cnc(Nc2ccn(CC(=O)N3CCC(C)(C)CC3)n2)s1. The summed E-state index contributed by atoms with van der Waals surface area (Å²) >= 11 is 1.23. The predicted molar refractivity (Wildman–Crippen MR) is 136 cm³/mol. The third-order valence-electron chi connectivity index (χ3n) is 6.44. The molecule has 0 bridgehead atoms. The van der Waals surface area contributed by atoms with Crippen LogP contribution in [0, 0.1) is 12.3 Å². The summed E-state index contributed by atoms with van der Waals surface area (Å²) in [6.07, 6.45) is 7.03. The maximum atomic E-state index is 12.9. The number of H-pyrrole nitrogens is 1. The lowest BCUT2D eigenvalue weighted by atomic mass is 9.83. The number of benzene rings is 1. The summed E-state index contributed by atoms with van der Waals surface area (Å²) < 4.78 is 1.62. The summed E-state index contributed by atoms with van der Waals surface area (Å²) in [7, 11) is 0. The van der Waals surface area contributed by atoms with Gasteiger partial charge in [-0.05, 0) is 36.8 Å². The summed E-state index contributed by atoms with van der Waals surface area (Å²) in [4.78, 5) is 32.2. The van der Waals surface area contributed by atoms with Crippen molar-refractivity contribution >= 4 is 50.7 Å². The molecule has 1 aliphatic rings. The third-order valence-corrected chi connectivity index (χ3v) is 7.35. The predicted octanol–water partition coefficient (Wildman–Crippen LogP) is 4.17. The molecule has 1 fully saturated rings. The fraction of sp³-hybridized carbons (Fsp3) is 0.375. The number of nitrogens with one attached hydrogen (secondary N) is 3. The third kappa shape index (κ3) is 5.04. The maximum absolute atomic E-state index is 12.9. The first kappa shape index (κ1) is 23.0. The summed E-state index contributed by atoms with van der Waals surface area (Å²) in [5.41, 5.74) is 2.83. The van der Waals surface area contributed by atoms with Crippen molar-refractivity contribution in [3.63, 3.8) is 0 Å². The van der Waals surface area contributed by atoms with Crippen LogP contribution in [-0.4, -0.2) is 54.8 Å². The molecule has 0 saturated carbocycles. The van der Waals surface area contributed by atoms with Crippen molar-refractivity contribution in [1.82, 2.24) is 29.9 Å². The molecule has 11 heteroatoms. The summed E-state index contributed by atoms with van der Waals surface area (Å²) in [5.74, 6) is 0.400. The average Bonchev–Trinajstić information content (AvgIpc) is 3.57. The minimum Gasteiger partial charge on any atom is -0.341 e. The van der Waals surface area contributed by atoms with Gasteiger partial charge in [-0.1, -0.05) is 31.3 Å². The first-order valence-electron chi connectivity index (χ1n) is 11.6. The molecular weight excluding hydrogens is 464 g/mol. The number of carbonyl (C=O) groups is 2. The van der Waals surface area contributed by atoms with E-state index in [4.69, 9.17) is 0 Å². The van der Waals surface area contributed by atoms with Crippen LogP contribution in [0.3, 0.4) is 0 Å². The normalized spacial score (nSPS) is 15.3. The Labute approximate surface area is 206 Å². The molecule has 0 atom stereocenters. The van der Waals surface area contributed by atoms with Crippen molar-refractivity contribution in [2.45, 2.75) is 40.2 Å². The van der Waals surface area contributed by atoms with E-state index in [0.717, 1.165) is 48.1 Å². The van der Waals surface area contributed by atoms with E-state index in [1.807, 2.05) is 24.0 Å². The zero-order valence-corrected chi connectivity index (χ0v) is 20.8. The molecule has 182 valence electrons. The number of amides is 2. The van der Waals surface area contributed by atoms with Crippen LogP contribution >= 0.6 is 11.3 Å². The van der Waals surface area contributed by atoms with Gasteiger partial charge in [-0.25, -0.2) is 4.98 Å². The zero-order chi connectivity index (χ0) is 24.6. The van der Waals surface area contributed by atoms with Crippen molar-refractivity contribution < 1.29 is 9.59 Å². The Balaban J connectivity index is 1.19. The maximum Gasteiger partial charge on any atom is 0.267 e. The summed E-state index contributed by atoms with van der Waals surface area (Å²) in [6, 6.07) is 5.65. The van der Waals surface area contributed by atoms with Crippen LogP contribution in [0.25, 0.3) is 10.9 Å². The van der Waals surface area contributed by atoms with E-state index in [0.29, 0.717) is 21.2 Å². The molecule has 0 spiro atoms. The molecule has 4 heterocycles. The number of piperidine rings is 1. The number of likely N-dealkylation sites (tertiary alicyclic amines) is 1. The summed E-state index contributed by atoms with van der Waals surface area (Å²) in [6.45, 7) is 8.21. The first-order chi connectivity index (χ1) is 16.8. The fourth-order valence-corrected chi connectivity index (χ4v) is 4.85. The number of rotatable bonds is 6. The van der Waals surface area contributed by atoms with Crippen molar-refractivity contribution in [2.24, 2.45) is 5.41 Å². The smallest absolute Gasteiger partial charge is 0.267 e. The topological polar surface area (TPSA) is 121 Å². The molecule has 1 aromatic carbocycles. The Bertz CT molecular complexity index is 1380. The molecule has 4 aromatic rings. The first-order valence-corrected chi connectivity index (χ1v) is 12.4. The molecule has 1 saturated heterocycles. The molecular formula is C24H28N8O2S. The lowest BCUT2D eigenvalue weighted by molar-refractivity contribution is -0.134. The quantitative estimate of drug-likeness (QED) is 0.372. The lowest BCUT2D eigenvalue weighted by Gasteiger charge is -2.36. The Morgan fingerprint density at radius 1 is 1.17 bits per heavy atom. The van der Waals surface area contributed by atoms with Gasteiger partial charge >= 0.3 is 0 Å². The number of hydrogen-bond acceptors (Lipinski definition) is 7. The Morgan fingerprint density at radius 2 is 1.97 bits per heavy atom. The fourth-order valence-electron chi connectivity index (χ4n) is 4.13. The highest BCUT2D eigenvalue weighted by molar-refractivity contribution is 7.17. The molecule has 0 aliphatic carbocycles. The minimum absolute atomic E-state index is 0.0753. The molecule has 3 aromatic heterocycles. The number of carbonyl (C=O) groups excluding carboxylic acids is 2. The van der Waals surface area contributed by atoms with Crippen LogP contribution in [0.2, 0.25) is 0 Å². The highest BCUT2D eigenvalue weighted by Gasteiger charge is 2.28. The zero-order valence-electron chi connectivity index (χ0n) is 20.0. The van der Waals surface area contributed by atoms with E-state index in [1.165, 1.54) is 17.5 Å². The van der Waals surface area contributed by atoms with Crippen LogP contribution in [0.15, 0.2) is 36.8 Å². The molecule has 5 rings (SSSR count). The molecule has 10 nitrogen and oxygen atoms in total. The number of aryl methyl sites for hydroxylation is 1. The Hall–Kier alpha value is -3.73. The molecule has 1 aliphatic heterocycles. The van der Waals surface area contributed by atoms with E-state index in [9.17, 15) is 9.59 Å². The molecule has 35 heavy (non-hydrogen) atoms. The second kappa shape index (κ2) is 9.14. The van der Waals surface area contributed by atoms with Gasteiger partial charge in [0.2, 0.25) is 5.91 Å². The van der Waals surface area contributed by atoms with Gasteiger partial charge in [-0.15, -0.1) is 0 Å². The number of nitrogens with zero attached hydrogens (tertiary/aromatic N) is 5. The van der Waals surface area contributed by atoms with Gasteiger partial charge in [0.05, 0.1) is 23.6 Å². The van der Waals surface area contributed by atoms with E-state index in [1.54, 1.807) is 23.1 Å². The largest absolute Gasteiger partial charge is 0.341 e. The number of hydrogen-bond donors (Lipinski definition) is 3. The summed E-state index contributed by atoms with van der Waals surface area (Å²) in [5, 5.41) is 18.9. The van der Waals surface area contributed by atoms with Crippen LogP contribution in [0.5, 0.6) is 0 Å². The number of thiazole rings is 1. The average molecular weight is 493 g/mol. The molecule has 3 N–H and O–H groups in total. The number of anilines is 3. The second-order valence-electron chi connectivity index (χ2n) is 9.64. The van der Waals surface area contributed by atoms with Crippen molar-refractivity contribution in [2.75, 3.05) is 23.7 Å². The number of aromatic amines is 1. The van der Waals surface area contributed by atoms with E-state index in [-0.39, 0.29) is 18.4 Å². The monoisotopic (exact) mass is 492 g/mol. The van der Waals surface area contributed by atoms with Crippen LogP contribution in [-0.2, 0) is 11.3 Å². The standard InChI is InChI=1S/C24H28N8O2S/c1-15-4-5-17-16(12-26-29-17)21(15)28-22(34)18-13-25-23(35-18)27-19-6-9-32(30-19)14-20(33)31-10-7-24(2,3)8-11-31/h4-6,9,12-13H,7-8,10-11,14H2,1-3H3,(H,26,29)(H,28,34)(H,25,27,30). The lowest BCUT2D eigenvalue weighted by Crippen LogP contribution is -2.42. The Kier molecular flexibility index (Phi) is 6.01. The highest BCUT2D eigenvalue weighted by atomic mass is 32.1. The van der Waals surface area contributed by atoms with Crippen LogP contribution < -0.4 is 10.6 Å². The van der Waals surface area contributed by atoms with E-state index in [2.05, 4.69) is 44.8 Å². The minimum atomic E-state index is -0.242. The van der Waals surface area contributed by atoms with Gasteiger partial charge in [0.15, 0.2) is 10.9 Å². The van der Waals surface area contributed by atoms with E-state index >= 15 is 0 Å². The van der Waals surface area contributed by atoms with Crippen molar-refractivity contribution in [1.29, 1.82) is 0 Å². The van der Waals surface area contributed by atoms with Crippen molar-refractivity contribution in [3.05, 3.63) is 47.2 Å². The van der Waals surface area contributed by atoms with Gasteiger partial charge in [-0.3, -0.25) is 19.4 Å². The van der Waals surface area contributed by atoms with Gasteiger partial charge in [-0.2, -0.15) is 10.2 Å². The van der Waals surface area contributed by atoms with E-state index < -0.39 is 0 Å². The van der Waals surface area contributed by atoms with Gasteiger partial charge in [0.25, 0.3) is 5.91 Å². The Morgan fingerprint density at radius 3 is 2.77 bits per heavy atom. The number of fused-ring (bicyclic) bond motifs is 1.